The molecule has 2 aromatic carbocycles. The molecule has 1 heteroatoms. The molecule has 0 heterocycles. The standard InChI is InChI=1S/C29H48N/c1-4-7-10-15-23-30(24-16-11-8-5-2,25-17-12-9-6-3)26-28-21-18-20-27-19-13-14-22-29(27)28/h13-14,18-22H,4-12,15-17,23-26H2,1-3H3/q+1. The summed E-state index contributed by atoms with van der Waals surface area (Å²) in [5.41, 5.74) is 1.56. The number of benzene rings is 2. The number of rotatable bonds is 17. The third kappa shape index (κ3) is 8.42. The lowest BCUT2D eigenvalue weighted by atomic mass is 10.0. The monoisotopic (exact) mass is 410 g/mol. The molecule has 2 aromatic rings. The third-order valence-electron chi connectivity index (χ3n) is 6.84. The molecule has 30 heavy (non-hydrogen) atoms. The molecular formula is C29H48N+. The Bertz CT molecular complexity index is 653. The first-order valence-corrected chi connectivity index (χ1v) is 13.1. The first-order chi connectivity index (χ1) is 14.7. The van der Waals surface area contributed by atoms with Gasteiger partial charge in [0.2, 0.25) is 0 Å². The Morgan fingerprint density at radius 1 is 0.533 bits per heavy atom. The Labute approximate surface area is 187 Å². The third-order valence-corrected chi connectivity index (χ3v) is 6.84. The van der Waals surface area contributed by atoms with E-state index >= 15 is 0 Å². The molecule has 0 spiro atoms. The fourth-order valence-electron chi connectivity index (χ4n) is 4.99. The summed E-state index contributed by atoms with van der Waals surface area (Å²) in [6, 6.07) is 16.0. The zero-order valence-corrected chi connectivity index (χ0v) is 20.3. The molecule has 0 bridgehead atoms. The molecule has 0 unspecified atom stereocenters. The van der Waals surface area contributed by atoms with Crippen molar-refractivity contribution in [1.82, 2.24) is 0 Å². The van der Waals surface area contributed by atoms with Crippen LogP contribution in [0.1, 0.15) is 103 Å². The van der Waals surface area contributed by atoms with Gasteiger partial charge in [-0.3, -0.25) is 0 Å². The molecule has 0 aliphatic heterocycles. The van der Waals surface area contributed by atoms with Crippen LogP contribution in [0.4, 0.5) is 0 Å². The van der Waals surface area contributed by atoms with Crippen LogP contribution in [0.3, 0.4) is 0 Å². The maximum absolute atomic E-state index is 2.40. The quantitative estimate of drug-likeness (QED) is 0.180. The molecule has 1 nitrogen and oxygen atoms in total. The van der Waals surface area contributed by atoms with Gasteiger partial charge in [-0.25, -0.2) is 0 Å². The van der Waals surface area contributed by atoms with Gasteiger partial charge in [0, 0.05) is 5.56 Å². The van der Waals surface area contributed by atoms with Crippen LogP contribution in [0, 0.1) is 0 Å². The van der Waals surface area contributed by atoms with E-state index < -0.39 is 0 Å². The second-order valence-corrected chi connectivity index (χ2v) is 9.49. The van der Waals surface area contributed by atoms with E-state index in [-0.39, 0.29) is 0 Å². The average molecular weight is 411 g/mol. The molecule has 0 fully saturated rings. The number of hydrogen-bond acceptors (Lipinski definition) is 0. The van der Waals surface area contributed by atoms with Crippen molar-refractivity contribution in [2.24, 2.45) is 0 Å². The van der Waals surface area contributed by atoms with Gasteiger partial charge in [-0.1, -0.05) is 102 Å². The van der Waals surface area contributed by atoms with E-state index in [1.807, 2.05) is 0 Å². The first kappa shape index (κ1) is 24.9. The van der Waals surface area contributed by atoms with Crippen LogP contribution >= 0.6 is 0 Å². The van der Waals surface area contributed by atoms with Gasteiger partial charge in [-0.2, -0.15) is 0 Å². The summed E-state index contributed by atoms with van der Waals surface area (Å²) in [7, 11) is 0. The highest BCUT2D eigenvalue weighted by Gasteiger charge is 2.27. The van der Waals surface area contributed by atoms with E-state index in [2.05, 4.69) is 63.2 Å². The highest BCUT2D eigenvalue weighted by atomic mass is 15.3. The van der Waals surface area contributed by atoms with Crippen LogP contribution in [0.25, 0.3) is 10.8 Å². The molecular weight excluding hydrogens is 362 g/mol. The summed E-state index contributed by atoms with van der Waals surface area (Å²) in [5, 5.41) is 2.87. The summed E-state index contributed by atoms with van der Waals surface area (Å²) in [6.07, 6.45) is 16.5. The largest absolute Gasteiger partial charge is 0.320 e. The minimum absolute atomic E-state index is 1.21. The van der Waals surface area contributed by atoms with Gasteiger partial charge in [-0.15, -0.1) is 0 Å². The van der Waals surface area contributed by atoms with E-state index in [1.165, 1.54) is 118 Å². The molecule has 0 saturated heterocycles. The van der Waals surface area contributed by atoms with Crippen LogP contribution in [-0.4, -0.2) is 24.1 Å². The molecule has 2 rings (SSSR count). The van der Waals surface area contributed by atoms with Gasteiger partial charge in [0.1, 0.15) is 6.54 Å². The number of quaternary nitrogens is 1. The van der Waals surface area contributed by atoms with Crippen molar-refractivity contribution in [2.45, 2.75) is 104 Å². The van der Waals surface area contributed by atoms with Gasteiger partial charge in [-0.05, 0) is 49.3 Å². The minimum atomic E-state index is 1.21. The lowest BCUT2D eigenvalue weighted by Gasteiger charge is -2.40. The molecule has 0 N–H and O–H groups in total. The normalized spacial score (nSPS) is 12.0. The highest BCUT2D eigenvalue weighted by Crippen LogP contribution is 2.26. The van der Waals surface area contributed by atoms with Crippen LogP contribution in [-0.2, 0) is 6.54 Å². The Balaban J connectivity index is 2.23. The fraction of sp³-hybridized carbons (Fsp3) is 0.655. The first-order valence-electron chi connectivity index (χ1n) is 13.1. The maximum Gasteiger partial charge on any atom is 0.105 e. The highest BCUT2D eigenvalue weighted by molar-refractivity contribution is 5.85. The average Bonchev–Trinajstić information content (AvgIpc) is 2.78. The molecule has 0 radical (unpaired) electrons. The summed E-state index contributed by atoms with van der Waals surface area (Å²) in [6.45, 7) is 12.3. The van der Waals surface area contributed by atoms with E-state index in [0.29, 0.717) is 0 Å². The summed E-state index contributed by atoms with van der Waals surface area (Å²) in [5.74, 6) is 0. The van der Waals surface area contributed by atoms with E-state index in [4.69, 9.17) is 0 Å². The minimum Gasteiger partial charge on any atom is -0.320 e. The molecule has 0 aliphatic carbocycles. The zero-order valence-electron chi connectivity index (χ0n) is 20.3. The van der Waals surface area contributed by atoms with Crippen molar-refractivity contribution < 1.29 is 4.48 Å². The van der Waals surface area contributed by atoms with E-state index in [9.17, 15) is 0 Å². The van der Waals surface area contributed by atoms with Crippen molar-refractivity contribution in [1.29, 1.82) is 0 Å². The lowest BCUT2D eigenvalue weighted by molar-refractivity contribution is -0.941. The Morgan fingerprint density at radius 2 is 1.03 bits per heavy atom. The lowest BCUT2D eigenvalue weighted by Crippen LogP contribution is -2.49. The van der Waals surface area contributed by atoms with Crippen molar-refractivity contribution >= 4 is 10.8 Å². The van der Waals surface area contributed by atoms with Crippen LogP contribution in [0.2, 0.25) is 0 Å². The Hall–Kier alpha value is -1.34. The smallest absolute Gasteiger partial charge is 0.105 e. The maximum atomic E-state index is 2.40. The number of unbranched alkanes of at least 4 members (excludes halogenated alkanes) is 9. The van der Waals surface area contributed by atoms with Gasteiger partial charge >= 0.3 is 0 Å². The second-order valence-electron chi connectivity index (χ2n) is 9.49. The van der Waals surface area contributed by atoms with Gasteiger partial charge in [0.25, 0.3) is 0 Å². The predicted octanol–water partition coefficient (Wildman–Crippen LogP) is 8.90. The van der Waals surface area contributed by atoms with Crippen LogP contribution in [0.5, 0.6) is 0 Å². The number of nitrogens with zero attached hydrogens (tertiary/aromatic N) is 1. The summed E-state index contributed by atoms with van der Waals surface area (Å²) >= 11 is 0. The van der Waals surface area contributed by atoms with Crippen LogP contribution in [0.15, 0.2) is 42.5 Å². The van der Waals surface area contributed by atoms with Crippen molar-refractivity contribution in [3.05, 3.63) is 48.0 Å². The SMILES string of the molecule is CCCCCC[N+](CCCCCC)(CCCCCC)Cc1cccc2ccccc12. The zero-order chi connectivity index (χ0) is 21.5. The molecule has 0 aliphatic rings. The van der Waals surface area contributed by atoms with Crippen molar-refractivity contribution in [3.63, 3.8) is 0 Å². The van der Waals surface area contributed by atoms with E-state index in [1.54, 1.807) is 5.56 Å². The topological polar surface area (TPSA) is 0 Å². The summed E-state index contributed by atoms with van der Waals surface area (Å²) in [4.78, 5) is 0. The number of fused-ring (bicyclic) bond motifs is 1. The Morgan fingerprint density at radius 3 is 1.57 bits per heavy atom. The fourth-order valence-corrected chi connectivity index (χ4v) is 4.99. The molecule has 0 amide bonds. The van der Waals surface area contributed by atoms with Gasteiger partial charge in [0.05, 0.1) is 19.6 Å². The molecule has 0 aromatic heterocycles. The predicted molar refractivity (Wildman–Crippen MR) is 135 cm³/mol. The molecule has 0 saturated carbocycles. The van der Waals surface area contributed by atoms with Crippen molar-refractivity contribution in [3.8, 4) is 0 Å². The molecule has 168 valence electrons. The second kappa shape index (κ2) is 14.6. The number of hydrogen-bond donors (Lipinski definition) is 0. The van der Waals surface area contributed by atoms with Gasteiger partial charge in [0.15, 0.2) is 0 Å². The van der Waals surface area contributed by atoms with Crippen molar-refractivity contribution in [2.75, 3.05) is 19.6 Å². The van der Waals surface area contributed by atoms with Gasteiger partial charge < -0.3 is 4.48 Å². The Kier molecular flexibility index (Phi) is 12.2. The summed E-state index contributed by atoms with van der Waals surface area (Å²) < 4.78 is 1.31. The van der Waals surface area contributed by atoms with Crippen LogP contribution < -0.4 is 0 Å². The molecule has 0 atom stereocenters. The van der Waals surface area contributed by atoms with E-state index in [0.717, 1.165) is 0 Å².